The number of hydrogen-bond donors (Lipinski definition) is 2. The molecule has 3 N–H and O–H groups in total. The third kappa shape index (κ3) is 52.1. The first-order valence-corrected chi connectivity index (χ1v) is 2.63. The summed E-state index contributed by atoms with van der Waals surface area (Å²) in [6.07, 6.45) is 1.48. The molecule has 0 heterocycles. The lowest BCUT2D eigenvalue weighted by Crippen LogP contribution is -2.04. The first kappa shape index (κ1) is 10.4. The van der Waals surface area contributed by atoms with Crippen molar-refractivity contribution in [1.29, 1.82) is 0 Å². The van der Waals surface area contributed by atoms with Crippen LogP contribution in [0.15, 0.2) is 0 Å². The normalized spacial score (nSPS) is 6.75. The molecule has 0 aliphatic carbocycles. The highest BCUT2D eigenvalue weighted by atomic mass is 16.1. The lowest BCUT2D eigenvalue weighted by Gasteiger charge is -1.84. The van der Waals surface area contributed by atoms with Gasteiger partial charge in [0.15, 0.2) is 0 Å². The van der Waals surface area contributed by atoms with Gasteiger partial charge in [0.2, 0.25) is 6.41 Å². The van der Waals surface area contributed by atoms with Crippen LogP contribution in [0.25, 0.3) is 0 Å². The number of rotatable bonds is 2. The predicted molar refractivity (Wildman–Crippen MR) is 34.5 cm³/mol. The second kappa shape index (κ2) is 16.1. The number of primary amides is 1. The Morgan fingerprint density at radius 1 is 1.75 bits per heavy atom. The van der Waals surface area contributed by atoms with Crippen molar-refractivity contribution in [3.05, 3.63) is 0 Å². The third-order valence-corrected chi connectivity index (χ3v) is 0.500. The molecular weight excluding hydrogens is 104 g/mol. The van der Waals surface area contributed by atoms with Gasteiger partial charge in [-0.15, -0.1) is 0 Å². The third-order valence-electron chi connectivity index (χ3n) is 0.500. The van der Waals surface area contributed by atoms with Crippen molar-refractivity contribution in [1.82, 2.24) is 5.32 Å². The number of hydrogen-bond acceptors (Lipinski definition) is 2. The average molecular weight is 118 g/mol. The first-order chi connectivity index (χ1) is 3.83. The molecule has 0 aliphatic rings. The van der Waals surface area contributed by atoms with Gasteiger partial charge in [0.05, 0.1) is 0 Å². The smallest absolute Gasteiger partial charge is 0.204 e. The van der Waals surface area contributed by atoms with Crippen LogP contribution >= 0.6 is 0 Å². The molecule has 3 nitrogen and oxygen atoms in total. The predicted octanol–water partition coefficient (Wildman–Crippen LogP) is -0.283. The van der Waals surface area contributed by atoms with Gasteiger partial charge in [0, 0.05) is 0 Å². The molecule has 1 amide bonds. The Bertz CT molecular complexity index is 37.4. The zero-order chi connectivity index (χ0) is 6.83. The topological polar surface area (TPSA) is 55.1 Å². The fourth-order valence-electron chi connectivity index (χ4n) is 0.250. The lowest BCUT2D eigenvalue weighted by atomic mass is 10.5. The van der Waals surface area contributed by atoms with Gasteiger partial charge in [-0.2, -0.15) is 0 Å². The number of nitrogens with one attached hydrogen (secondary N) is 1. The summed E-state index contributed by atoms with van der Waals surface area (Å²) in [5.74, 6) is 0. The summed E-state index contributed by atoms with van der Waals surface area (Å²) in [5, 5.41) is 3.02. The van der Waals surface area contributed by atoms with Crippen LogP contribution in [0.5, 0.6) is 0 Å². The maximum Gasteiger partial charge on any atom is 0.204 e. The van der Waals surface area contributed by atoms with Crippen molar-refractivity contribution in [3.8, 4) is 0 Å². The monoisotopic (exact) mass is 118 g/mol. The van der Waals surface area contributed by atoms with E-state index in [9.17, 15) is 0 Å². The Labute approximate surface area is 50.3 Å². The van der Waals surface area contributed by atoms with E-state index in [-0.39, 0.29) is 6.41 Å². The highest BCUT2D eigenvalue weighted by molar-refractivity contribution is 5.42. The zero-order valence-electron chi connectivity index (χ0n) is 5.48. The van der Waals surface area contributed by atoms with Crippen molar-refractivity contribution in [3.63, 3.8) is 0 Å². The molecule has 0 unspecified atom stereocenters. The SMILES string of the molecule is CCCNC.NC=O. The van der Waals surface area contributed by atoms with Gasteiger partial charge in [-0.3, -0.25) is 4.79 Å². The minimum absolute atomic E-state index is 0.250. The molecule has 0 bridgehead atoms. The molecule has 8 heavy (non-hydrogen) atoms. The van der Waals surface area contributed by atoms with Crippen LogP contribution in [0, 0.1) is 0 Å². The molecule has 0 aromatic heterocycles. The van der Waals surface area contributed by atoms with E-state index in [0.717, 1.165) is 6.54 Å². The van der Waals surface area contributed by atoms with Crippen LogP contribution in [-0.2, 0) is 4.79 Å². The molecule has 0 aromatic carbocycles. The molecule has 50 valence electrons. The van der Waals surface area contributed by atoms with Crippen molar-refractivity contribution in [2.45, 2.75) is 13.3 Å². The summed E-state index contributed by atoms with van der Waals surface area (Å²) < 4.78 is 0. The lowest BCUT2D eigenvalue weighted by molar-refractivity contribution is -0.106. The Morgan fingerprint density at radius 3 is 2.12 bits per heavy atom. The number of nitrogens with two attached hydrogens (primary N) is 1. The average Bonchev–Trinajstić information content (AvgIpc) is 1.71. The maximum absolute atomic E-state index is 8.58. The van der Waals surface area contributed by atoms with Gasteiger partial charge in [0.25, 0.3) is 0 Å². The van der Waals surface area contributed by atoms with Crippen LogP contribution in [0.3, 0.4) is 0 Å². The van der Waals surface area contributed by atoms with Crippen molar-refractivity contribution in [2.75, 3.05) is 13.6 Å². The van der Waals surface area contributed by atoms with E-state index in [4.69, 9.17) is 4.79 Å². The van der Waals surface area contributed by atoms with Crippen molar-refractivity contribution >= 4 is 6.41 Å². The van der Waals surface area contributed by atoms with Gasteiger partial charge in [-0.05, 0) is 20.0 Å². The van der Waals surface area contributed by atoms with E-state index >= 15 is 0 Å². The van der Waals surface area contributed by atoms with E-state index < -0.39 is 0 Å². The van der Waals surface area contributed by atoms with E-state index in [1.807, 2.05) is 7.05 Å². The molecule has 0 saturated heterocycles. The van der Waals surface area contributed by atoms with E-state index in [1.54, 1.807) is 0 Å². The second-order valence-electron chi connectivity index (χ2n) is 1.24. The van der Waals surface area contributed by atoms with Crippen molar-refractivity contribution < 1.29 is 4.79 Å². The van der Waals surface area contributed by atoms with Gasteiger partial charge in [-0.25, -0.2) is 0 Å². The molecular formula is C5H14N2O. The molecule has 0 rings (SSSR count). The summed E-state index contributed by atoms with van der Waals surface area (Å²) in [5.41, 5.74) is 4.17. The molecule has 0 aromatic rings. The molecule has 0 radical (unpaired) electrons. The minimum Gasteiger partial charge on any atom is -0.372 e. The minimum atomic E-state index is 0.250. The molecule has 0 saturated carbocycles. The van der Waals surface area contributed by atoms with Gasteiger partial charge in [0.1, 0.15) is 0 Å². The van der Waals surface area contributed by atoms with Gasteiger partial charge >= 0.3 is 0 Å². The van der Waals surface area contributed by atoms with Crippen LogP contribution in [0.1, 0.15) is 13.3 Å². The van der Waals surface area contributed by atoms with Crippen LogP contribution in [0.4, 0.5) is 0 Å². The molecule has 0 aliphatic heterocycles. The fraction of sp³-hybridized carbons (Fsp3) is 0.800. The first-order valence-electron chi connectivity index (χ1n) is 2.63. The van der Waals surface area contributed by atoms with E-state index in [1.165, 1.54) is 6.42 Å². The number of carbonyl (C=O) groups is 1. The Hall–Kier alpha value is -0.570. The quantitative estimate of drug-likeness (QED) is 0.490. The maximum atomic E-state index is 8.58. The highest BCUT2D eigenvalue weighted by Crippen LogP contribution is 1.62. The summed E-state index contributed by atoms with van der Waals surface area (Å²) in [4.78, 5) is 8.58. The molecule has 0 fully saturated rings. The summed E-state index contributed by atoms with van der Waals surface area (Å²) in [6, 6.07) is 0. The largest absolute Gasteiger partial charge is 0.372 e. The van der Waals surface area contributed by atoms with Crippen LogP contribution in [0.2, 0.25) is 0 Å². The molecule has 0 spiro atoms. The van der Waals surface area contributed by atoms with Gasteiger partial charge in [-0.1, -0.05) is 6.92 Å². The molecule has 3 heteroatoms. The number of carbonyl (C=O) groups excluding carboxylic acids is 1. The van der Waals surface area contributed by atoms with Crippen LogP contribution < -0.4 is 11.1 Å². The Balaban J connectivity index is 0. The Morgan fingerprint density at radius 2 is 2.12 bits per heavy atom. The van der Waals surface area contributed by atoms with E-state index in [0.29, 0.717) is 0 Å². The highest BCUT2D eigenvalue weighted by Gasteiger charge is 1.64. The summed E-state index contributed by atoms with van der Waals surface area (Å²) in [7, 11) is 1.96. The summed E-state index contributed by atoms with van der Waals surface area (Å²) in [6.45, 7) is 3.29. The van der Waals surface area contributed by atoms with Crippen LogP contribution in [-0.4, -0.2) is 20.0 Å². The van der Waals surface area contributed by atoms with Gasteiger partial charge < -0.3 is 11.1 Å². The zero-order valence-corrected chi connectivity index (χ0v) is 5.48. The fourth-order valence-corrected chi connectivity index (χ4v) is 0.250. The number of amides is 1. The Kier molecular flexibility index (Phi) is 21.0. The molecule has 0 atom stereocenters. The van der Waals surface area contributed by atoms with Crippen molar-refractivity contribution in [2.24, 2.45) is 5.73 Å². The second-order valence-corrected chi connectivity index (χ2v) is 1.24. The standard InChI is InChI=1S/C4H11N.CH3NO/c1-3-4-5-2;2-1-3/h5H,3-4H2,1-2H3;1H,(H2,2,3). The summed E-state index contributed by atoms with van der Waals surface area (Å²) >= 11 is 0. The van der Waals surface area contributed by atoms with E-state index in [2.05, 4.69) is 18.0 Å².